The Bertz CT molecular complexity index is 605. The zero-order valence-electron chi connectivity index (χ0n) is 11.2. The molecule has 21 heavy (non-hydrogen) atoms. The Balaban J connectivity index is 2.43. The van der Waals surface area contributed by atoms with E-state index < -0.39 is 18.9 Å². The van der Waals surface area contributed by atoms with Gasteiger partial charge in [0.2, 0.25) is 0 Å². The molecule has 0 aliphatic carbocycles. The molecule has 0 amide bonds. The molecule has 1 aromatic carbocycles. The lowest BCUT2D eigenvalue weighted by Crippen LogP contribution is -2.36. The van der Waals surface area contributed by atoms with Gasteiger partial charge in [0.15, 0.2) is 0 Å². The third-order valence-electron chi connectivity index (χ3n) is 3.49. The van der Waals surface area contributed by atoms with E-state index in [0.29, 0.717) is 12.0 Å². The summed E-state index contributed by atoms with van der Waals surface area (Å²) in [6.07, 6.45) is 0.740. The number of hydrogen-bond acceptors (Lipinski definition) is 4. The minimum absolute atomic E-state index is 0.0114. The van der Waals surface area contributed by atoms with Crippen molar-refractivity contribution in [1.29, 1.82) is 0 Å². The summed E-state index contributed by atoms with van der Waals surface area (Å²) in [6.45, 7) is 1.73. The molecule has 1 atom stereocenters. The highest BCUT2D eigenvalue weighted by Gasteiger charge is 2.39. The van der Waals surface area contributed by atoms with E-state index in [-0.39, 0.29) is 40.0 Å². The van der Waals surface area contributed by atoms with Gasteiger partial charge in [-0.25, -0.2) is 4.79 Å². The van der Waals surface area contributed by atoms with Crippen LogP contribution in [0.25, 0.3) is 0 Å². The van der Waals surface area contributed by atoms with Crippen LogP contribution in [0.3, 0.4) is 0 Å². The maximum Gasteiger partial charge on any atom is 0.526 e. The first-order chi connectivity index (χ1) is 9.85. The lowest BCUT2D eigenvalue weighted by molar-refractivity contribution is -0.118. The second-order valence-corrected chi connectivity index (χ2v) is 5.69. The minimum atomic E-state index is -1.25. The summed E-state index contributed by atoms with van der Waals surface area (Å²) in [5.74, 6) is -1.69. The Morgan fingerprint density at radius 1 is 1.48 bits per heavy atom. The van der Waals surface area contributed by atoms with Gasteiger partial charge < -0.3 is 14.8 Å². The Labute approximate surface area is 132 Å². The van der Waals surface area contributed by atoms with Crippen LogP contribution in [0.2, 0.25) is 15.9 Å². The van der Waals surface area contributed by atoms with Gasteiger partial charge in [0.1, 0.15) is 17.1 Å². The molecule has 0 saturated heterocycles. The normalized spacial score (nSPS) is 17.1. The minimum Gasteiger partial charge on any atom is -0.535 e. The average Bonchev–Trinajstić information content (AvgIpc) is 2.43. The molecule has 2 N–H and O–H groups in total. The Hall–Kier alpha value is -1.24. The second-order valence-electron chi connectivity index (χ2n) is 4.90. The number of ketones is 1. The summed E-state index contributed by atoms with van der Waals surface area (Å²) < 4.78 is 5.30. The van der Waals surface area contributed by atoms with Crippen LogP contribution in [0.4, 0.5) is 0 Å². The molecule has 0 spiro atoms. The number of hydrogen-bond donors (Lipinski definition) is 2. The van der Waals surface area contributed by atoms with E-state index in [4.69, 9.17) is 27.9 Å². The lowest BCUT2D eigenvalue weighted by Gasteiger charge is -2.29. The molecule has 0 saturated carbocycles. The van der Waals surface area contributed by atoms with Gasteiger partial charge >= 0.3 is 13.1 Å². The van der Waals surface area contributed by atoms with Crippen LogP contribution in [0.5, 0.6) is 5.75 Å². The van der Waals surface area contributed by atoms with Crippen LogP contribution < -0.4 is 4.65 Å². The van der Waals surface area contributed by atoms with Crippen molar-refractivity contribution in [3.63, 3.8) is 0 Å². The van der Waals surface area contributed by atoms with E-state index >= 15 is 0 Å². The molecule has 0 fully saturated rings. The van der Waals surface area contributed by atoms with Crippen LogP contribution >= 0.6 is 23.2 Å². The highest BCUT2D eigenvalue weighted by Crippen LogP contribution is 2.43. The van der Waals surface area contributed by atoms with E-state index in [1.807, 2.05) is 0 Å². The zero-order chi connectivity index (χ0) is 15.7. The molecule has 0 unspecified atom stereocenters. The molecule has 1 aromatic rings. The summed E-state index contributed by atoms with van der Waals surface area (Å²) in [5.41, 5.74) is 0.263. The Kier molecular flexibility index (Phi) is 4.81. The molecule has 5 nitrogen and oxygen atoms in total. The largest absolute Gasteiger partial charge is 0.535 e. The van der Waals surface area contributed by atoms with Gasteiger partial charge in [-0.1, -0.05) is 30.1 Å². The van der Waals surface area contributed by atoms with E-state index in [1.165, 1.54) is 6.07 Å². The summed E-state index contributed by atoms with van der Waals surface area (Å²) in [7, 11) is -1.25. The van der Waals surface area contributed by atoms with Crippen LogP contribution in [-0.2, 0) is 11.2 Å². The van der Waals surface area contributed by atoms with Gasteiger partial charge in [-0.3, -0.25) is 4.79 Å². The third kappa shape index (κ3) is 3.17. The van der Waals surface area contributed by atoms with Crippen molar-refractivity contribution in [2.45, 2.75) is 32.0 Å². The van der Waals surface area contributed by atoms with Crippen molar-refractivity contribution < 1.29 is 24.4 Å². The molecule has 2 rings (SSSR count). The van der Waals surface area contributed by atoms with Crippen molar-refractivity contribution in [1.82, 2.24) is 0 Å². The molecular weight excluding hydrogens is 318 g/mol. The van der Waals surface area contributed by atoms with E-state index in [1.54, 1.807) is 6.92 Å². The van der Waals surface area contributed by atoms with Crippen LogP contribution in [0.1, 0.15) is 35.7 Å². The van der Waals surface area contributed by atoms with Gasteiger partial charge in [-0.05, 0) is 12.5 Å². The predicted molar refractivity (Wildman–Crippen MR) is 79.4 cm³/mol. The number of halogens is 2. The summed E-state index contributed by atoms with van der Waals surface area (Å²) in [4.78, 5) is 22.8. The van der Waals surface area contributed by atoms with Crippen molar-refractivity contribution in [2.75, 3.05) is 0 Å². The molecule has 8 heteroatoms. The topological polar surface area (TPSA) is 83.8 Å². The van der Waals surface area contributed by atoms with Gasteiger partial charge in [-0.15, -0.1) is 0 Å². The fraction of sp³-hybridized carbons (Fsp3) is 0.385. The van der Waals surface area contributed by atoms with E-state index in [2.05, 4.69) is 0 Å². The Morgan fingerprint density at radius 2 is 2.14 bits per heavy atom. The third-order valence-corrected chi connectivity index (χ3v) is 4.31. The van der Waals surface area contributed by atoms with Crippen molar-refractivity contribution >= 4 is 42.1 Å². The first-order valence-electron chi connectivity index (χ1n) is 6.45. The molecule has 1 aliphatic rings. The molecule has 1 aliphatic heterocycles. The smallest absolute Gasteiger partial charge is 0.526 e. The quantitative estimate of drug-likeness (QED) is 0.829. The Morgan fingerprint density at radius 3 is 2.71 bits per heavy atom. The fourth-order valence-electron chi connectivity index (χ4n) is 2.33. The summed E-state index contributed by atoms with van der Waals surface area (Å²) in [5, 5.41) is 19.5. The number of carbonyl (C=O) groups is 2. The number of benzene rings is 1. The molecular formula is C13H13BCl2O5. The first kappa shape index (κ1) is 16.1. The van der Waals surface area contributed by atoms with Gasteiger partial charge in [-0.2, -0.15) is 0 Å². The van der Waals surface area contributed by atoms with E-state index in [9.17, 15) is 19.7 Å². The second kappa shape index (κ2) is 6.26. The predicted octanol–water partition coefficient (Wildman–Crippen LogP) is 2.85. The van der Waals surface area contributed by atoms with Crippen molar-refractivity contribution in [3.05, 3.63) is 27.2 Å². The molecule has 0 bridgehead atoms. The van der Waals surface area contributed by atoms with Gasteiger partial charge in [0.25, 0.3) is 0 Å². The average molecular weight is 331 g/mol. The first-order valence-corrected chi connectivity index (χ1v) is 7.21. The molecule has 112 valence electrons. The fourth-order valence-corrected chi connectivity index (χ4v) is 2.77. The molecule has 1 heterocycles. The number of Topliss-reactive ketones (excluding diaryl/α,β-unsaturated/α-hetero) is 1. The highest BCUT2D eigenvalue weighted by atomic mass is 35.5. The molecule has 0 aromatic heterocycles. The number of rotatable bonds is 4. The number of carbonyl (C=O) groups excluding carboxylic acids is 1. The number of fused-ring (bicyclic) bond motifs is 1. The van der Waals surface area contributed by atoms with Crippen molar-refractivity contribution in [3.8, 4) is 5.75 Å². The number of aromatic carboxylic acids is 1. The lowest BCUT2D eigenvalue weighted by atomic mass is 9.64. The van der Waals surface area contributed by atoms with Crippen LogP contribution in [-0.4, -0.2) is 29.0 Å². The van der Waals surface area contributed by atoms with Crippen LogP contribution in [0.15, 0.2) is 6.07 Å². The summed E-state index contributed by atoms with van der Waals surface area (Å²) >= 11 is 12.0. The van der Waals surface area contributed by atoms with Gasteiger partial charge in [0, 0.05) is 24.2 Å². The van der Waals surface area contributed by atoms with E-state index in [0.717, 1.165) is 0 Å². The number of carboxylic acid groups (broad SMARTS) is 1. The number of carboxylic acids is 1. The molecule has 0 radical (unpaired) electrons. The maximum atomic E-state index is 11.5. The maximum absolute atomic E-state index is 11.5. The van der Waals surface area contributed by atoms with Crippen molar-refractivity contribution in [2.24, 2.45) is 0 Å². The summed E-state index contributed by atoms with van der Waals surface area (Å²) in [6, 6.07) is 1.19. The SMILES string of the molecule is CCC(=O)C[C@H]1Cc2c(Cl)c(Cl)cc(C(=O)O)c2OB1O. The zero-order valence-corrected chi connectivity index (χ0v) is 12.7. The van der Waals surface area contributed by atoms with Gasteiger partial charge in [0.05, 0.1) is 10.0 Å². The van der Waals surface area contributed by atoms with Crippen LogP contribution in [0, 0.1) is 0 Å². The standard InChI is InChI=1S/C13H13BCl2O5/c1-2-7(17)3-6-4-8-11(16)10(15)5-9(13(18)19)12(8)21-14(6)20/h5-6,20H,2-4H2,1H3,(H,18,19)/t6-/m0/s1. The monoisotopic (exact) mass is 330 g/mol. The highest BCUT2D eigenvalue weighted by molar-refractivity contribution is 6.48.